The van der Waals surface area contributed by atoms with E-state index in [-0.39, 0.29) is 30.0 Å². The summed E-state index contributed by atoms with van der Waals surface area (Å²) in [6, 6.07) is 7.79. The molecule has 12 atom stereocenters. The third-order valence-electron chi connectivity index (χ3n) is 12.6. The largest absolute Gasteiger partial charge is 0.462 e. The van der Waals surface area contributed by atoms with Crippen molar-refractivity contribution >= 4 is 11.8 Å². The number of nitrogens with zero attached hydrogens (tertiary/aromatic N) is 3. The zero-order valence-electron chi connectivity index (χ0n) is 34.4. The molecule has 11 nitrogen and oxygen atoms in total. The summed E-state index contributed by atoms with van der Waals surface area (Å²) in [5.74, 6) is -1.74. The smallest absolute Gasteiger partial charge is 0.308 e. The number of aliphatic hydroxyl groups excluding tert-OH is 3. The second-order valence-corrected chi connectivity index (χ2v) is 17.1. The number of cyclic esters (lactones) is 1. The maximum Gasteiger partial charge on any atom is 0.308 e. The van der Waals surface area contributed by atoms with Crippen LogP contribution in [-0.2, 0) is 36.9 Å². The minimum Gasteiger partial charge on any atom is -0.462 e. The number of ether oxygens (including phenoxy) is 3. The number of carbonyl (C=O) groups is 2. The summed E-state index contributed by atoms with van der Waals surface area (Å²) < 4.78 is 19.2. The van der Waals surface area contributed by atoms with Gasteiger partial charge in [-0.2, -0.15) is 0 Å². The van der Waals surface area contributed by atoms with Gasteiger partial charge in [0.15, 0.2) is 12.1 Å². The Bertz CT molecular complexity index is 1440. The monoisotopic (exact) mass is 768 g/mol. The summed E-state index contributed by atoms with van der Waals surface area (Å²) in [4.78, 5) is 34.2. The van der Waals surface area contributed by atoms with Gasteiger partial charge < -0.3 is 39.3 Å². The van der Waals surface area contributed by atoms with Crippen LogP contribution in [0.1, 0.15) is 90.7 Å². The predicted octanol–water partition coefficient (Wildman–Crippen LogP) is 4.71. The van der Waals surface area contributed by atoms with Crippen molar-refractivity contribution in [2.75, 3.05) is 40.3 Å². The number of likely N-dealkylation sites (tertiary alicyclic amines) is 1. The highest BCUT2D eigenvalue weighted by molar-refractivity contribution is 5.91. The lowest BCUT2D eigenvalue weighted by molar-refractivity contribution is -0.304. The van der Waals surface area contributed by atoms with Gasteiger partial charge in [0.05, 0.1) is 36.9 Å². The van der Waals surface area contributed by atoms with Crippen LogP contribution in [0.2, 0.25) is 0 Å². The van der Waals surface area contributed by atoms with E-state index in [9.17, 15) is 24.9 Å². The van der Waals surface area contributed by atoms with Gasteiger partial charge in [0.1, 0.15) is 12.2 Å². The van der Waals surface area contributed by atoms with Crippen LogP contribution < -0.4 is 0 Å². The van der Waals surface area contributed by atoms with Gasteiger partial charge in [0, 0.05) is 37.4 Å². The van der Waals surface area contributed by atoms with Gasteiger partial charge in [0.25, 0.3) is 0 Å². The van der Waals surface area contributed by atoms with Crippen molar-refractivity contribution in [1.82, 2.24) is 14.7 Å². The minimum atomic E-state index is -1.19. The number of likely N-dealkylation sites (N-methyl/N-ethyl adjacent to an activating group) is 1. The van der Waals surface area contributed by atoms with Crippen LogP contribution in [-0.4, -0.2) is 131 Å². The number of hydrogen-bond acceptors (Lipinski definition) is 11. The minimum absolute atomic E-state index is 0.00907. The van der Waals surface area contributed by atoms with Crippen LogP contribution in [0.25, 0.3) is 0 Å². The number of esters is 1. The molecule has 1 aromatic carbocycles. The summed E-state index contributed by atoms with van der Waals surface area (Å²) in [6.45, 7) is 14.7. The van der Waals surface area contributed by atoms with Gasteiger partial charge in [-0.25, -0.2) is 0 Å². The molecule has 0 aliphatic carbocycles. The van der Waals surface area contributed by atoms with E-state index in [2.05, 4.69) is 40.1 Å². The summed E-state index contributed by atoms with van der Waals surface area (Å²) in [7, 11) is 3.59. The third-order valence-corrected chi connectivity index (χ3v) is 12.6. The van der Waals surface area contributed by atoms with E-state index in [0.717, 1.165) is 57.7 Å². The van der Waals surface area contributed by atoms with Crippen molar-refractivity contribution in [1.29, 1.82) is 0 Å². The number of rotatable bonds is 9. The van der Waals surface area contributed by atoms with Crippen LogP contribution in [0.5, 0.6) is 0 Å². The van der Waals surface area contributed by atoms with Crippen molar-refractivity contribution in [2.45, 2.75) is 142 Å². The molecule has 11 heteroatoms. The summed E-state index contributed by atoms with van der Waals surface area (Å²) in [6.07, 6.45) is 4.63. The molecule has 0 saturated carbocycles. The molecule has 0 spiro atoms. The fraction of sp³-hybridized carbons (Fsp3) is 0.727. The van der Waals surface area contributed by atoms with Gasteiger partial charge >= 0.3 is 5.97 Å². The fourth-order valence-electron chi connectivity index (χ4n) is 9.21. The Kier molecular flexibility index (Phi) is 16.1. The van der Waals surface area contributed by atoms with Crippen LogP contribution >= 0.6 is 0 Å². The molecular formula is C44H69N3O8. The molecule has 55 heavy (non-hydrogen) atoms. The predicted molar refractivity (Wildman–Crippen MR) is 213 cm³/mol. The Hall–Kier alpha value is -2.48. The Labute approximate surface area is 329 Å². The molecule has 0 amide bonds. The van der Waals surface area contributed by atoms with Gasteiger partial charge in [-0.1, -0.05) is 69.2 Å². The van der Waals surface area contributed by atoms with Gasteiger partial charge in [0.2, 0.25) is 0 Å². The molecule has 0 aromatic heterocycles. The Morgan fingerprint density at radius 3 is 2.24 bits per heavy atom. The first-order valence-electron chi connectivity index (χ1n) is 20.9. The number of carbonyl (C=O) groups excluding carboxylic acids is 2. The van der Waals surface area contributed by atoms with E-state index in [1.807, 2.05) is 33.8 Å². The Morgan fingerprint density at radius 1 is 0.927 bits per heavy atom. The number of aliphatic hydroxyl groups is 3. The quantitative estimate of drug-likeness (QED) is 0.302. The average Bonchev–Trinajstić information content (AvgIpc) is 3.58. The van der Waals surface area contributed by atoms with Crippen LogP contribution in [0, 0.1) is 23.7 Å². The van der Waals surface area contributed by atoms with Crippen molar-refractivity contribution in [2.24, 2.45) is 23.7 Å². The molecule has 4 aliphatic heterocycles. The van der Waals surface area contributed by atoms with Crippen LogP contribution in [0.3, 0.4) is 0 Å². The number of hydrogen-bond donors (Lipinski definition) is 3. The molecule has 2 saturated heterocycles. The molecule has 1 aromatic rings. The van der Waals surface area contributed by atoms with E-state index >= 15 is 0 Å². The van der Waals surface area contributed by atoms with Gasteiger partial charge in [-0.3, -0.25) is 14.5 Å². The molecule has 3 N–H and O–H groups in total. The second kappa shape index (κ2) is 20.3. The highest BCUT2D eigenvalue weighted by atomic mass is 16.7. The van der Waals surface area contributed by atoms with Crippen molar-refractivity contribution in [3.8, 4) is 0 Å². The summed E-state index contributed by atoms with van der Waals surface area (Å²) in [5, 5.41) is 34.4. The summed E-state index contributed by atoms with van der Waals surface area (Å²) >= 11 is 0. The Morgan fingerprint density at radius 2 is 1.60 bits per heavy atom. The molecule has 0 radical (unpaired) electrons. The number of fused-ring (bicyclic) bond motifs is 1. The normalized spacial score (nSPS) is 36.5. The molecule has 308 valence electrons. The topological polar surface area (TPSA) is 132 Å². The van der Waals surface area contributed by atoms with E-state index in [0.29, 0.717) is 19.3 Å². The highest BCUT2D eigenvalue weighted by Crippen LogP contribution is 2.36. The molecular weight excluding hydrogens is 698 g/mol. The Balaban J connectivity index is 1.47. The van der Waals surface area contributed by atoms with Crippen molar-refractivity contribution < 1.29 is 39.1 Å². The van der Waals surface area contributed by atoms with E-state index in [1.165, 1.54) is 17.5 Å². The lowest BCUT2D eigenvalue weighted by Gasteiger charge is -2.46. The van der Waals surface area contributed by atoms with E-state index in [4.69, 9.17) is 14.2 Å². The van der Waals surface area contributed by atoms with E-state index < -0.39 is 60.8 Å². The number of piperidine rings is 1. The highest BCUT2D eigenvalue weighted by Gasteiger charge is 2.47. The lowest BCUT2D eigenvalue weighted by atomic mass is 9.79. The number of benzene rings is 1. The second-order valence-electron chi connectivity index (χ2n) is 17.1. The maximum atomic E-state index is 13.9. The zero-order valence-corrected chi connectivity index (χ0v) is 34.4. The molecule has 5 rings (SSSR count). The molecule has 4 heterocycles. The zero-order chi connectivity index (χ0) is 39.8. The van der Waals surface area contributed by atoms with Crippen molar-refractivity contribution in [3.63, 3.8) is 0 Å². The molecule has 2 fully saturated rings. The standard InChI is InChI=1S/C44H69N3O8/c1-8-38-35(27-46-19-12-9-13-20-46)22-28(2)16-17-36(48)29(3)23-32(18-21-47-25-33-14-10-11-15-34(33)26-47)43(30(4)37(49)24-39(50)54-38)55-44-42(52)40(45(6)7)41(51)31(5)53-44/h10-11,14-17,22,29-32,35,37-38,40-44,49,51-52H,8-9,12-13,18-21,23-27H2,1-7H3/t29?,30?,31-,32?,35?,37?,38?,40+,41-,42-,43?,44+/m1/s1. The first kappa shape index (κ1) is 43.6. The fourth-order valence-corrected chi connectivity index (χ4v) is 9.21. The average molecular weight is 768 g/mol. The van der Waals surface area contributed by atoms with Crippen LogP contribution in [0.15, 0.2) is 48.1 Å². The number of ketones is 1. The van der Waals surface area contributed by atoms with Crippen LogP contribution in [0.4, 0.5) is 0 Å². The van der Waals surface area contributed by atoms with E-state index in [1.54, 1.807) is 32.0 Å². The summed E-state index contributed by atoms with van der Waals surface area (Å²) in [5.41, 5.74) is 3.55. The molecule has 0 bridgehead atoms. The lowest BCUT2D eigenvalue weighted by Crippen LogP contribution is -2.63. The number of allylic oxidation sites excluding steroid dienone is 3. The first-order chi connectivity index (χ1) is 26.2. The van der Waals surface area contributed by atoms with Gasteiger partial charge in [-0.05, 0) is 103 Å². The maximum absolute atomic E-state index is 13.9. The molecule has 7 unspecified atom stereocenters. The SMILES string of the molecule is CCC1OC(=O)CC(O)C(C)C(O[C@@H]2O[C@H](C)[C@@H](O)[C@H](N(C)C)[C@H]2O)C(CCN2Cc3ccccc3C2)CC(C)C(=O)C=CC(C)=CC1CN1CCCCC1. The van der Waals surface area contributed by atoms with Gasteiger partial charge in [-0.15, -0.1) is 0 Å². The van der Waals surface area contributed by atoms with Crippen molar-refractivity contribution in [3.05, 3.63) is 59.2 Å². The molecule has 4 aliphatic rings. The first-order valence-corrected chi connectivity index (χ1v) is 20.9. The third kappa shape index (κ3) is 11.6.